The summed E-state index contributed by atoms with van der Waals surface area (Å²) in [5, 5.41) is 2.90. The summed E-state index contributed by atoms with van der Waals surface area (Å²) in [7, 11) is 0. The quantitative estimate of drug-likeness (QED) is 0.651. The molecule has 3 aliphatic heterocycles. The summed E-state index contributed by atoms with van der Waals surface area (Å²) >= 11 is 0. The van der Waals surface area contributed by atoms with Crippen molar-refractivity contribution in [1.29, 1.82) is 0 Å². The molecule has 188 valence electrons. The Morgan fingerprint density at radius 1 is 0.971 bits per heavy atom. The van der Waals surface area contributed by atoms with Gasteiger partial charge in [0.25, 0.3) is 0 Å². The highest BCUT2D eigenvalue weighted by molar-refractivity contribution is 6.01. The van der Waals surface area contributed by atoms with E-state index in [4.69, 9.17) is 4.74 Å². The highest BCUT2D eigenvalue weighted by Crippen LogP contribution is 2.41. The van der Waals surface area contributed by atoms with E-state index in [0.717, 1.165) is 25.0 Å². The average molecular weight is 483 g/mol. The molecule has 0 spiro atoms. The smallest absolute Gasteiger partial charge is 0.322 e. The van der Waals surface area contributed by atoms with E-state index in [-0.39, 0.29) is 47.9 Å². The van der Waals surface area contributed by atoms with E-state index in [9.17, 15) is 19.2 Å². The van der Waals surface area contributed by atoms with Gasteiger partial charge in [0, 0.05) is 24.7 Å². The molecule has 3 heterocycles. The van der Waals surface area contributed by atoms with Crippen molar-refractivity contribution in [2.24, 2.45) is 11.8 Å². The van der Waals surface area contributed by atoms with Crippen LogP contribution in [0, 0.1) is 11.8 Å². The van der Waals surface area contributed by atoms with Crippen molar-refractivity contribution < 1.29 is 23.9 Å². The second-order valence-corrected chi connectivity index (χ2v) is 10.5. The fraction of sp³-hybridized carbons (Fsp3) is 0.615. The molecule has 4 aliphatic rings. The van der Waals surface area contributed by atoms with Crippen molar-refractivity contribution in [3.05, 3.63) is 24.3 Å². The second-order valence-electron chi connectivity index (χ2n) is 10.5. The maximum Gasteiger partial charge on any atom is 0.322 e. The van der Waals surface area contributed by atoms with Crippen LogP contribution in [0.1, 0.15) is 52.9 Å². The van der Waals surface area contributed by atoms with E-state index in [1.807, 2.05) is 20.8 Å². The van der Waals surface area contributed by atoms with Gasteiger partial charge >= 0.3 is 6.03 Å². The molecule has 1 aliphatic carbocycles. The van der Waals surface area contributed by atoms with Crippen molar-refractivity contribution in [2.45, 2.75) is 77.1 Å². The molecule has 5 rings (SSSR count). The van der Waals surface area contributed by atoms with E-state index in [1.165, 1.54) is 4.90 Å². The van der Waals surface area contributed by atoms with Gasteiger partial charge in [-0.15, -0.1) is 0 Å². The number of rotatable bonds is 5. The van der Waals surface area contributed by atoms with Crippen LogP contribution >= 0.6 is 0 Å². The fourth-order valence-electron chi connectivity index (χ4n) is 5.81. The number of nitrogens with zero attached hydrogens (tertiary/aromatic N) is 3. The zero-order valence-corrected chi connectivity index (χ0v) is 20.6. The molecule has 4 fully saturated rings. The molecule has 0 aromatic heterocycles. The number of hydrogen-bond donors (Lipinski definition) is 1. The zero-order valence-electron chi connectivity index (χ0n) is 20.6. The van der Waals surface area contributed by atoms with Crippen molar-refractivity contribution in [3.8, 4) is 5.75 Å². The molecular formula is C26H34N4O5. The maximum absolute atomic E-state index is 13.7. The van der Waals surface area contributed by atoms with Crippen LogP contribution in [0.4, 0.5) is 10.5 Å². The standard InChI is InChI=1S/C26H34N4O5/c1-15(2)35-19-10-8-18(9-11-19)27-26(34)28-13-4-5-21(28)25(33)29-14-12-20-22(29)16(3)23(31)30(20)24(32)17-6-7-17/h8-11,15-17,20-22H,4-7,12-14H2,1-3H3,(H,27,34)/t16-,20-,21-,22+/m0/s1. The van der Waals surface area contributed by atoms with E-state index in [2.05, 4.69) is 5.32 Å². The van der Waals surface area contributed by atoms with E-state index in [1.54, 1.807) is 34.1 Å². The van der Waals surface area contributed by atoms with Crippen molar-refractivity contribution in [3.63, 3.8) is 0 Å². The first kappa shape index (κ1) is 23.6. The van der Waals surface area contributed by atoms with Gasteiger partial charge in [-0.25, -0.2) is 4.79 Å². The Hall–Kier alpha value is -3.10. The number of amides is 5. The summed E-state index contributed by atoms with van der Waals surface area (Å²) in [6.07, 6.45) is 3.69. The van der Waals surface area contributed by atoms with E-state index >= 15 is 0 Å². The van der Waals surface area contributed by atoms with Crippen LogP contribution in [0.5, 0.6) is 5.75 Å². The molecular weight excluding hydrogens is 448 g/mol. The number of urea groups is 1. The third-order valence-corrected chi connectivity index (χ3v) is 7.61. The summed E-state index contributed by atoms with van der Waals surface area (Å²) in [5.74, 6) is -0.0776. The minimum atomic E-state index is -0.562. The molecule has 1 N–H and O–H groups in total. The Morgan fingerprint density at radius 3 is 2.34 bits per heavy atom. The van der Waals surface area contributed by atoms with Crippen LogP contribution in [0.3, 0.4) is 0 Å². The number of fused-ring (bicyclic) bond motifs is 1. The third kappa shape index (κ3) is 4.36. The van der Waals surface area contributed by atoms with Crippen LogP contribution in [-0.2, 0) is 14.4 Å². The van der Waals surface area contributed by atoms with Crippen LogP contribution < -0.4 is 10.1 Å². The van der Waals surface area contributed by atoms with Gasteiger partial charge in [-0.2, -0.15) is 0 Å². The summed E-state index contributed by atoms with van der Waals surface area (Å²) in [6, 6.07) is 5.75. The highest BCUT2D eigenvalue weighted by atomic mass is 16.5. The van der Waals surface area contributed by atoms with Crippen molar-refractivity contribution in [2.75, 3.05) is 18.4 Å². The first-order valence-corrected chi connectivity index (χ1v) is 12.8. The molecule has 1 aromatic carbocycles. The van der Waals surface area contributed by atoms with E-state index in [0.29, 0.717) is 31.6 Å². The van der Waals surface area contributed by atoms with Gasteiger partial charge in [-0.05, 0) is 70.2 Å². The molecule has 0 unspecified atom stereocenters. The summed E-state index contributed by atoms with van der Waals surface area (Å²) in [6.45, 7) is 6.72. The van der Waals surface area contributed by atoms with Crippen LogP contribution in [0.2, 0.25) is 0 Å². The number of hydrogen-bond acceptors (Lipinski definition) is 5. The number of carbonyl (C=O) groups is 4. The normalized spacial score (nSPS) is 28.0. The predicted octanol–water partition coefficient (Wildman–Crippen LogP) is 2.85. The number of carbonyl (C=O) groups excluding carboxylic acids is 4. The Bertz CT molecular complexity index is 1020. The number of imide groups is 1. The van der Waals surface area contributed by atoms with Crippen LogP contribution in [-0.4, -0.2) is 75.8 Å². The lowest BCUT2D eigenvalue weighted by Gasteiger charge is -2.32. The average Bonchev–Trinajstić information content (AvgIpc) is 3.31. The summed E-state index contributed by atoms with van der Waals surface area (Å²) < 4.78 is 5.65. The number of benzene rings is 1. The predicted molar refractivity (Wildman–Crippen MR) is 129 cm³/mol. The molecule has 0 radical (unpaired) electrons. The van der Waals surface area contributed by atoms with Gasteiger partial charge in [0.05, 0.1) is 24.1 Å². The minimum absolute atomic E-state index is 0.0327. The van der Waals surface area contributed by atoms with Gasteiger partial charge in [0.2, 0.25) is 17.7 Å². The topological polar surface area (TPSA) is 99.3 Å². The number of anilines is 1. The Morgan fingerprint density at radius 2 is 1.69 bits per heavy atom. The minimum Gasteiger partial charge on any atom is -0.491 e. The van der Waals surface area contributed by atoms with Crippen molar-refractivity contribution in [1.82, 2.24) is 14.7 Å². The molecule has 9 heteroatoms. The van der Waals surface area contributed by atoms with Gasteiger partial charge in [-0.1, -0.05) is 6.92 Å². The first-order chi connectivity index (χ1) is 16.8. The van der Waals surface area contributed by atoms with Gasteiger partial charge in [-0.3, -0.25) is 19.3 Å². The molecule has 35 heavy (non-hydrogen) atoms. The second kappa shape index (κ2) is 9.17. The molecule has 1 aromatic rings. The number of likely N-dealkylation sites (tertiary alicyclic amines) is 3. The SMILES string of the molecule is CC(C)Oc1ccc(NC(=O)N2CCC[C@H]2C(=O)N2CC[C@H]3[C@H]2[C@H](C)C(=O)N3C(=O)C2CC2)cc1. The third-order valence-electron chi connectivity index (χ3n) is 7.61. The van der Waals surface area contributed by atoms with E-state index < -0.39 is 12.0 Å². The molecule has 5 amide bonds. The Labute approximate surface area is 205 Å². The van der Waals surface area contributed by atoms with Crippen molar-refractivity contribution >= 4 is 29.4 Å². The summed E-state index contributed by atoms with van der Waals surface area (Å²) in [4.78, 5) is 57.2. The van der Waals surface area contributed by atoms with Gasteiger partial charge < -0.3 is 19.9 Å². The maximum atomic E-state index is 13.7. The lowest BCUT2D eigenvalue weighted by molar-refractivity contribution is -0.146. The molecule has 3 saturated heterocycles. The first-order valence-electron chi connectivity index (χ1n) is 12.8. The molecule has 1 saturated carbocycles. The van der Waals surface area contributed by atoms with Crippen LogP contribution in [0.25, 0.3) is 0 Å². The number of ether oxygens (including phenoxy) is 1. The Kier molecular flexibility index (Phi) is 6.19. The molecule has 4 atom stereocenters. The molecule has 9 nitrogen and oxygen atoms in total. The summed E-state index contributed by atoms with van der Waals surface area (Å²) in [5.41, 5.74) is 0.634. The largest absolute Gasteiger partial charge is 0.491 e. The highest BCUT2D eigenvalue weighted by Gasteiger charge is 2.57. The fourth-order valence-corrected chi connectivity index (χ4v) is 5.81. The monoisotopic (exact) mass is 482 g/mol. The lowest BCUT2D eigenvalue weighted by Crippen LogP contribution is -2.52. The molecule has 0 bridgehead atoms. The zero-order chi connectivity index (χ0) is 24.9. The Balaban J connectivity index is 1.26. The van der Waals surface area contributed by atoms with Gasteiger partial charge in [0.15, 0.2) is 0 Å². The van der Waals surface area contributed by atoms with Gasteiger partial charge in [0.1, 0.15) is 11.8 Å². The lowest BCUT2D eigenvalue weighted by atomic mass is 10.0. The van der Waals surface area contributed by atoms with Crippen LogP contribution in [0.15, 0.2) is 24.3 Å². The number of nitrogens with one attached hydrogen (secondary N) is 1.